The molecule has 3 N–H and O–H groups in total. The van der Waals surface area contributed by atoms with Crippen molar-refractivity contribution in [1.29, 1.82) is 0 Å². The average Bonchev–Trinajstić information content (AvgIpc) is 3.17. The van der Waals surface area contributed by atoms with Gasteiger partial charge in [-0.3, -0.25) is 9.59 Å². The molecule has 1 aromatic carbocycles. The molecule has 0 aliphatic carbocycles. The van der Waals surface area contributed by atoms with Crippen LogP contribution in [0.5, 0.6) is 0 Å². The number of carbonyl (C=O) groups is 2. The van der Waals surface area contributed by atoms with Crippen molar-refractivity contribution in [2.45, 2.75) is 19.1 Å². The topological polar surface area (TPSA) is 92.6 Å². The molecule has 7 nitrogen and oxygen atoms in total. The third kappa shape index (κ3) is 5.87. The predicted molar refractivity (Wildman–Crippen MR) is 99.4 cm³/mol. The van der Waals surface area contributed by atoms with Gasteiger partial charge in [-0.1, -0.05) is 12.1 Å². The van der Waals surface area contributed by atoms with Gasteiger partial charge in [0.15, 0.2) is 5.76 Å². The molecule has 0 bridgehead atoms. The number of nitrogens with one attached hydrogen (secondary N) is 3. The zero-order chi connectivity index (χ0) is 17.5. The second-order valence-electron chi connectivity index (χ2n) is 5.81. The number of morpholine rings is 1. The van der Waals surface area contributed by atoms with Crippen molar-refractivity contribution in [1.82, 2.24) is 10.6 Å². The molecule has 26 heavy (non-hydrogen) atoms. The highest BCUT2D eigenvalue weighted by Gasteiger charge is 2.17. The van der Waals surface area contributed by atoms with Crippen molar-refractivity contribution >= 4 is 29.9 Å². The summed E-state index contributed by atoms with van der Waals surface area (Å²) in [5.74, 6) is -0.0770. The zero-order valence-electron chi connectivity index (χ0n) is 14.2. The summed E-state index contributed by atoms with van der Waals surface area (Å²) in [5.41, 5.74) is 1.62. The molecule has 0 saturated carbocycles. The van der Waals surface area contributed by atoms with E-state index < -0.39 is 0 Å². The number of rotatable bonds is 6. The first-order valence-corrected chi connectivity index (χ1v) is 8.23. The molecule has 2 heterocycles. The van der Waals surface area contributed by atoms with Crippen LogP contribution in [0.25, 0.3) is 0 Å². The van der Waals surface area contributed by atoms with Gasteiger partial charge in [-0.15, -0.1) is 12.4 Å². The number of amides is 2. The number of furan rings is 1. The lowest BCUT2D eigenvalue weighted by molar-refractivity contribution is -0.124. The summed E-state index contributed by atoms with van der Waals surface area (Å²) < 4.78 is 10.6. The third-order valence-corrected chi connectivity index (χ3v) is 3.86. The van der Waals surface area contributed by atoms with Crippen molar-refractivity contribution in [2.75, 3.05) is 25.0 Å². The van der Waals surface area contributed by atoms with Gasteiger partial charge in [0, 0.05) is 25.3 Å². The lowest BCUT2D eigenvalue weighted by Gasteiger charge is -2.23. The molecule has 2 amide bonds. The maximum absolute atomic E-state index is 11.9. The second-order valence-corrected chi connectivity index (χ2v) is 5.81. The fourth-order valence-electron chi connectivity index (χ4n) is 2.54. The Balaban J connectivity index is 0.00000243. The van der Waals surface area contributed by atoms with Crippen molar-refractivity contribution < 1.29 is 18.7 Å². The number of ether oxygens (including phenoxy) is 1. The van der Waals surface area contributed by atoms with Gasteiger partial charge in [0.1, 0.15) is 0 Å². The summed E-state index contributed by atoms with van der Waals surface area (Å²) in [6.07, 6.45) is 1.74. The molecule has 3 rings (SSSR count). The fraction of sp³-hybridized carbons (Fsp3) is 0.333. The normalized spacial score (nSPS) is 16.4. The van der Waals surface area contributed by atoms with Crippen molar-refractivity contribution in [3.8, 4) is 0 Å². The smallest absolute Gasteiger partial charge is 0.291 e. The van der Waals surface area contributed by atoms with E-state index in [1.54, 1.807) is 24.3 Å². The lowest BCUT2D eigenvalue weighted by Crippen LogP contribution is -2.41. The van der Waals surface area contributed by atoms with Crippen LogP contribution < -0.4 is 16.0 Å². The van der Waals surface area contributed by atoms with Crippen LogP contribution in [0.3, 0.4) is 0 Å². The van der Waals surface area contributed by atoms with Gasteiger partial charge < -0.3 is 25.1 Å². The van der Waals surface area contributed by atoms with E-state index in [4.69, 9.17) is 9.15 Å². The summed E-state index contributed by atoms with van der Waals surface area (Å²) in [6, 6.07) is 10.6. The second kappa shape index (κ2) is 9.96. The number of benzene rings is 1. The average molecular weight is 380 g/mol. The fourth-order valence-corrected chi connectivity index (χ4v) is 2.54. The Kier molecular flexibility index (Phi) is 7.65. The molecular formula is C18H22ClN3O4. The summed E-state index contributed by atoms with van der Waals surface area (Å²) in [5, 5.41) is 8.83. The monoisotopic (exact) mass is 379 g/mol. The highest BCUT2D eigenvalue weighted by atomic mass is 35.5. The lowest BCUT2D eigenvalue weighted by atomic mass is 10.2. The number of hydrogen-bond acceptors (Lipinski definition) is 5. The van der Waals surface area contributed by atoms with Crippen LogP contribution in [-0.4, -0.2) is 37.6 Å². The summed E-state index contributed by atoms with van der Waals surface area (Å²) in [7, 11) is 0. The van der Waals surface area contributed by atoms with E-state index in [0.717, 1.165) is 12.1 Å². The van der Waals surface area contributed by atoms with E-state index in [1.807, 2.05) is 12.1 Å². The van der Waals surface area contributed by atoms with E-state index in [-0.39, 0.29) is 36.1 Å². The van der Waals surface area contributed by atoms with Crippen LogP contribution in [0.1, 0.15) is 22.5 Å². The minimum Gasteiger partial charge on any atom is -0.459 e. The molecule has 140 valence electrons. The maximum Gasteiger partial charge on any atom is 0.291 e. The van der Waals surface area contributed by atoms with Crippen LogP contribution in [0.4, 0.5) is 5.69 Å². The quantitative estimate of drug-likeness (QED) is 0.713. The molecule has 1 atom stereocenters. The molecule has 1 unspecified atom stereocenters. The van der Waals surface area contributed by atoms with E-state index in [1.165, 1.54) is 6.26 Å². The molecule has 2 aromatic rings. The van der Waals surface area contributed by atoms with Gasteiger partial charge >= 0.3 is 0 Å². The van der Waals surface area contributed by atoms with Gasteiger partial charge in [-0.2, -0.15) is 0 Å². The Bertz CT molecular complexity index is 698. The predicted octanol–water partition coefficient (Wildman–Crippen LogP) is 1.95. The molecule has 1 fully saturated rings. The van der Waals surface area contributed by atoms with Gasteiger partial charge in [-0.05, 0) is 29.8 Å². The van der Waals surface area contributed by atoms with E-state index >= 15 is 0 Å². The maximum atomic E-state index is 11.9. The Labute approximate surface area is 157 Å². The van der Waals surface area contributed by atoms with Crippen LogP contribution in [0.2, 0.25) is 0 Å². The minimum atomic E-state index is -0.299. The van der Waals surface area contributed by atoms with Crippen LogP contribution in [0.15, 0.2) is 47.1 Å². The molecule has 1 aliphatic rings. The van der Waals surface area contributed by atoms with E-state index in [0.29, 0.717) is 31.8 Å². The number of anilines is 1. The van der Waals surface area contributed by atoms with Gasteiger partial charge in [0.25, 0.3) is 5.91 Å². The molecule has 0 radical (unpaired) electrons. The standard InChI is InChI=1S/C18H21N3O4.ClH/c22-17(10-15-12-19-7-9-24-15)20-11-13-3-5-14(6-4-13)21-18(23)16-2-1-8-25-16;/h1-6,8,15,19H,7,9-12H2,(H,20,22)(H,21,23);1H. The molecule has 1 saturated heterocycles. The van der Waals surface area contributed by atoms with Gasteiger partial charge in [-0.25, -0.2) is 0 Å². The first-order chi connectivity index (χ1) is 12.2. The van der Waals surface area contributed by atoms with Gasteiger partial charge in [0.05, 0.1) is 25.4 Å². The Morgan fingerprint density at radius 3 is 2.65 bits per heavy atom. The van der Waals surface area contributed by atoms with Crippen molar-refractivity contribution in [3.63, 3.8) is 0 Å². The van der Waals surface area contributed by atoms with E-state index in [2.05, 4.69) is 16.0 Å². The first kappa shape index (κ1) is 20.0. The summed E-state index contributed by atoms with van der Waals surface area (Å²) in [4.78, 5) is 23.8. The number of carbonyl (C=O) groups excluding carboxylic acids is 2. The highest BCUT2D eigenvalue weighted by Crippen LogP contribution is 2.12. The Morgan fingerprint density at radius 2 is 2.00 bits per heavy atom. The van der Waals surface area contributed by atoms with Crippen LogP contribution in [0, 0.1) is 0 Å². The van der Waals surface area contributed by atoms with Crippen LogP contribution in [-0.2, 0) is 16.1 Å². The molecule has 1 aliphatic heterocycles. The summed E-state index contributed by atoms with van der Waals surface area (Å²) in [6.45, 7) is 2.62. The molecule has 0 spiro atoms. The first-order valence-electron chi connectivity index (χ1n) is 8.23. The Hall–Kier alpha value is -2.35. The van der Waals surface area contributed by atoms with E-state index in [9.17, 15) is 9.59 Å². The largest absolute Gasteiger partial charge is 0.459 e. The number of hydrogen-bond donors (Lipinski definition) is 3. The minimum absolute atomic E-state index is 0. The zero-order valence-corrected chi connectivity index (χ0v) is 15.0. The van der Waals surface area contributed by atoms with Crippen LogP contribution >= 0.6 is 12.4 Å². The molecular weight excluding hydrogens is 358 g/mol. The molecule has 8 heteroatoms. The SMILES string of the molecule is Cl.O=C(CC1CNCCO1)NCc1ccc(NC(=O)c2ccco2)cc1. The highest BCUT2D eigenvalue weighted by molar-refractivity contribution is 6.02. The van der Waals surface area contributed by atoms with Gasteiger partial charge in [0.2, 0.25) is 5.91 Å². The van der Waals surface area contributed by atoms with Crippen molar-refractivity contribution in [3.05, 3.63) is 54.0 Å². The number of halogens is 1. The Morgan fingerprint density at radius 1 is 1.19 bits per heavy atom. The molecule has 1 aromatic heterocycles. The summed E-state index contributed by atoms with van der Waals surface area (Å²) >= 11 is 0. The third-order valence-electron chi connectivity index (χ3n) is 3.86. The van der Waals surface area contributed by atoms with Crippen molar-refractivity contribution in [2.24, 2.45) is 0 Å².